The van der Waals surface area contributed by atoms with Crippen LogP contribution in [0.3, 0.4) is 0 Å². The van der Waals surface area contributed by atoms with Crippen LogP contribution in [0.25, 0.3) is 11.2 Å². The molecule has 0 spiro atoms. The Bertz CT molecular complexity index is 515. The van der Waals surface area contributed by atoms with Crippen LogP contribution in [0.1, 0.15) is 6.92 Å². The number of rotatable bonds is 2. The van der Waals surface area contributed by atoms with E-state index >= 15 is 0 Å². The maximum atomic E-state index is 5.26. The Labute approximate surface area is 87.8 Å². The van der Waals surface area contributed by atoms with Gasteiger partial charge in [-0.3, -0.25) is 4.98 Å². The average Bonchev–Trinajstić information content (AvgIpc) is 2.29. The largest absolute Gasteiger partial charge is 0.357 e. The van der Waals surface area contributed by atoms with Gasteiger partial charge < -0.3 is 5.32 Å². The topological polar surface area (TPSA) is 50.7 Å². The van der Waals surface area contributed by atoms with Crippen LogP contribution in [-0.4, -0.2) is 21.0 Å². The first-order valence-corrected chi connectivity index (χ1v) is 4.60. The van der Waals surface area contributed by atoms with Crippen LogP contribution in [0, 0.1) is 12.3 Å². The standard InChI is InChI=1S/C11H10N4/c1-3-8(2)14-10-5-4-9-11(15-10)13-7-6-12-9/h1,4-8H,2H3,(H,13,14,15). The van der Waals surface area contributed by atoms with Crippen molar-refractivity contribution in [2.45, 2.75) is 13.0 Å². The third kappa shape index (κ3) is 2.02. The summed E-state index contributed by atoms with van der Waals surface area (Å²) in [7, 11) is 0. The number of aromatic nitrogens is 3. The van der Waals surface area contributed by atoms with Crippen molar-refractivity contribution < 1.29 is 0 Å². The number of anilines is 1. The molecule has 1 unspecified atom stereocenters. The Morgan fingerprint density at radius 2 is 2.13 bits per heavy atom. The molecule has 0 fully saturated rings. The fourth-order valence-corrected chi connectivity index (χ4v) is 1.20. The van der Waals surface area contributed by atoms with Crippen LogP contribution < -0.4 is 5.32 Å². The summed E-state index contributed by atoms with van der Waals surface area (Å²) in [6.07, 6.45) is 8.52. The van der Waals surface area contributed by atoms with Gasteiger partial charge in [-0.15, -0.1) is 6.42 Å². The van der Waals surface area contributed by atoms with Crippen LogP contribution in [0.15, 0.2) is 24.5 Å². The predicted molar refractivity (Wildman–Crippen MR) is 59.3 cm³/mol. The fourth-order valence-electron chi connectivity index (χ4n) is 1.20. The summed E-state index contributed by atoms with van der Waals surface area (Å²) >= 11 is 0. The van der Waals surface area contributed by atoms with E-state index in [1.54, 1.807) is 12.4 Å². The van der Waals surface area contributed by atoms with Gasteiger partial charge in [-0.25, -0.2) is 9.97 Å². The van der Waals surface area contributed by atoms with Crippen molar-refractivity contribution in [1.82, 2.24) is 15.0 Å². The lowest BCUT2D eigenvalue weighted by Gasteiger charge is -2.07. The summed E-state index contributed by atoms with van der Waals surface area (Å²) in [5, 5.41) is 3.07. The monoisotopic (exact) mass is 198 g/mol. The summed E-state index contributed by atoms with van der Waals surface area (Å²) in [6, 6.07) is 3.65. The van der Waals surface area contributed by atoms with Crippen LogP contribution >= 0.6 is 0 Å². The van der Waals surface area contributed by atoms with E-state index in [1.807, 2.05) is 19.1 Å². The fraction of sp³-hybridized carbons (Fsp3) is 0.182. The van der Waals surface area contributed by atoms with Crippen molar-refractivity contribution in [3.63, 3.8) is 0 Å². The van der Waals surface area contributed by atoms with Crippen LogP contribution in [0.5, 0.6) is 0 Å². The molecule has 0 aliphatic rings. The molecule has 2 aromatic heterocycles. The molecular weight excluding hydrogens is 188 g/mol. The van der Waals surface area contributed by atoms with Gasteiger partial charge in [0.15, 0.2) is 5.65 Å². The number of hydrogen-bond acceptors (Lipinski definition) is 4. The third-order valence-corrected chi connectivity index (χ3v) is 1.95. The van der Waals surface area contributed by atoms with Crippen LogP contribution in [0.2, 0.25) is 0 Å². The van der Waals surface area contributed by atoms with Crippen LogP contribution in [0.4, 0.5) is 5.82 Å². The summed E-state index contributed by atoms with van der Waals surface area (Å²) < 4.78 is 0. The first-order chi connectivity index (χ1) is 7.29. The highest BCUT2D eigenvalue weighted by Gasteiger charge is 2.01. The van der Waals surface area contributed by atoms with Gasteiger partial charge in [0.1, 0.15) is 11.3 Å². The van der Waals surface area contributed by atoms with E-state index in [0.717, 1.165) is 5.52 Å². The van der Waals surface area contributed by atoms with Gasteiger partial charge in [0, 0.05) is 12.4 Å². The summed E-state index contributed by atoms with van der Waals surface area (Å²) in [6.45, 7) is 1.89. The van der Waals surface area contributed by atoms with E-state index in [4.69, 9.17) is 6.42 Å². The molecule has 0 bridgehead atoms. The number of fused-ring (bicyclic) bond motifs is 1. The molecule has 0 saturated heterocycles. The van der Waals surface area contributed by atoms with Crippen molar-refractivity contribution in [3.05, 3.63) is 24.5 Å². The molecule has 0 radical (unpaired) electrons. The van der Waals surface area contributed by atoms with Crippen molar-refractivity contribution in [3.8, 4) is 12.3 Å². The zero-order chi connectivity index (χ0) is 10.7. The molecule has 0 aliphatic carbocycles. The highest BCUT2D eigenvalue weighted by atomic mass is 15.0. The Morgan fingerprint density at radius 3 is 2.93 bits per heavy atom. The van der Waals surface area contributed by atoms with E-state index in [2.05, 4.69) is 26.2 Å². The van der Waals surface area contributed by atoms with Gasteiger partial charge in [0.2, 0.25) is 0 Å². The SMILES string of the molecule is C#CC(C)Nc1ccc2nccnc2n1. The first kappa shape index (κ1) is 9.41. The summed E-state index contributed by atoms with van der Waals surface area (Å²) in [5.41, 5.74) is 1.39. The molecule has 2 rings (SSSR count). The molecule has 4 nitrogen and oxygen atoms in total. The molecule has 0 aromatic carbocycles. The predicted octanol–water partition coefficient (Wildman–Crippen LogP) is 1.46. The second-order valence-corrected chi connectivity index (χ2v) is 3.13. The molecule has 4 heteroatoms. The summed E-state index contributed by atoms with van der Waals surface area (Å²) in [4.78, 5) is 12.5. The normalized spacial score (nSPS) is 12.0. The van der Waals surface area contributed by atoms with E-state index in [1.165, 1.54) is 0 Å². The van der Waals surface area contributed by atoms with Gasteiger partial charge in [0.05, 0.1) is 6.04 Å². The third-order valence-electron chi connectivity index (χ3n) is 1.95. The van der Waals surface area contributed by atoms with Crippen molar-refractivity contribution in [2.24, 2.45) is 0 Å². The van der Waals surface area contributed by atoms with E-state index in [0.29, 0.717) is 11.5 Å². The Kier molecular flexibility index (Phi) is 2.46. The minimum atomic E-state index is -0.0494. The van der Waals surface area contributed by atoms with Gasteiger partial charge in [-0.1, -0.05) is 5.92 Å². The molecule has 0 amide bonds. The molecular formula is C11H10N4. The average molecular weight is 198 g/mol. The molecule has 2 aromatic rings. The minimum absolute atomic E-state index is 0.0494. The van der Waals surface area contributed by atoms with Gasteiger partial charge in [-0.05, 0) is 19.1 Å². The van der Waals surface area contributed by atoms with Crippen molar-refractivity contribution in [2.75, 3.05) is 5.32 Å². The number of nitrogens with zero attached hydrogens (tertiary/aromatic N) is 3. The lowest BCUT2D eigenvalue weighted by molar-refractivity contribution is 1.02. The zero-order valence-corrected chi connectivity index (χ0v) is 8.31. The Morgan fingerprint density at radius 1 is 1.33 bits per heavy atom. The molecule has 1 atom stereocenters. The molecule has 2 heterocycles. The smallest absolute Gasteiger partial charge is 0.180 e. The van der Waals surface area contributed by atoms with Gasteiger partial charge >= 0.3 is 0 Å². The van der Waals surface area contributed by atoms with E-state index < -0.39 is 0 Å². The molecule has 0 saturated carbocycles. The second-order valence-electron chi connectivity index (χ2n) is 3.13. The lowest BCUT2D eigenvalue weighted by Crippen LogP contribution is -2.13. The Hall–Kier alpha value is -2.15. The maximum Gasteiger partial charge on any atom is 0.180 e. The quantitative estimate of drug-likeness (QED) is 0.742. The first-order valence-electron chi connectivity index (χ1n) is 4.60. The molecule has 1 N–H and O–H groups in total. The molecule has 15 heavy (non-hydrogen) atoms. The number of hydrogen-bond donors (Lipinski definition) is 1. The van der Waals surface area contributed by atoms with E-state index in [-0.39, 0.29) is 6.04 Å². The maximum absolute atomic E-state index is 5.26. The second kappa shape index (κ2) is 3.93. The summed E-state index contributed by atoms with van der Waals surface area (Å²) in [5.74, 6) is 3.29. The van der Waals surface area contributed by atoms with Crippen molar-refractivity contribution in [1.29, 1.82) is 0 Å². The highest BCUT2D eigenvalue weighted by Crippen LogP contribution is 2.10. The number of terminal acetylenes is 1. The lowest BCUT2D eigenvalue weighted by atomic mass is 10.3. The van der Waals surface area contributed by atoms with Crippen molar-refractivity contribution >= 4 is 17.0 Å². The Balaban J connectivity index is 2.35. The van der Waals surface area contributed by atoms with Crippen LogP contribution in [-0.2, 0) is 0 Å². The van der Waals surface area contributed by atoms with Gasteiger partial charge in [-0.2, -0.15) is 0 Å². The molecule has 74 valence electrons. The highest BCUT2D eigenvalue weighted by molar-refractivity contribution is 5.71. The molecule has 0 aliphatic heterocycles. The number of nitrogens with one attached hydrogen (secondary N) is 1. The minimum Gasteiger partial charge on any atom is -0.357 e. The zero-order valence-electron chi connectivity index (χ0n) is 8.31. The van der Waals surface area contributed by atoms with Gasteiger partial charge in [0.25, 0.3) is 0 Å². The number of pyridine rings is 1. The van der Waals surface area contributed by atoms with E-state index in [9.17, 15) is 0 Å².